The number of nitrogens with zero attached hydrogens (tertiary/aromatic N) is 2. The molecule has 1 aromatic heterocycles. The third kappa shape index (κ3) is 3.76. The molecule has 1 aliphatic carbocycles. The van der Waals surface area contributed by atoms with Gasteiger partial charge in [0.2, 0.25) is 5.91 Å². The van der Waals surface area contributed by atoms with E-state index < -0.39 is 0 Å². The van der Waals surface area contributed by atoms with Crippen LogP contribution in [0.3, 0.4) is 0 Å². The maximum Gasteiger partial charge on any atom is 0.226 e. The predicted octanol–water partition coefficient (Wildman–Crippen LogP) is 0.388. The van der Waals surface area contributed by atoms with Gasteiger partial charge in [0.25, 0.3) is 0 Å². The number of likely N-dealkylation sites (N-methyl/N-ethyl adjacent to an activating group) is 1. The van der Waals surface area contributed by atoms with E-state index in [0.717, 1.165) is 17.2 Å². The minimum atomic E-state index is -0.00897. The molecule has 5 nitrogen and oxygen atoms in total. The Labute approximate surface area is 111 Å². The van der Waals surface area contributed by atoms with Crippen molar-refractivity contribution < 1.29 is 9.90 Å². The Morgan fingerprint density at radius 1 is 1.67 bits per heavy atom. The first-order valence-corrected chi connectivity index (χ1v) is 7.09. The molecule has 0 aliphatic heterocycles. The van der Waals surface area contributed by atoms with Crippen LogP contribution in [-0.2, 0) is 17.8 Å². The smallest absolute Gasteiger partial charge is 0.226 e. The molecule has 0 bridgehead atoms. The van der Waals surface area contributed by atoms with Crippen molar-refractivity contribution in [2.24, 2.45) is 0 Å². The van der Waals surface area contributed by atoms with Crippen molar-refractivity contribution in [1.29, 1.82) is 0 Å². The second-order valence-electron chi connectivity index (χ2n) is 4.51. The Balaban J connectivity index is 1.90. The molecule has 0 aromatic carbocycles. The number of aromatic nitrogens is 1. The van der Waals surface area contributed by atoms with Gasteiger partial charge in [-0.05, 0) is 12.8 Å². The number of carbonyl (C=O) groups excluding carboxylic acids is 1. The van der Waals surface area contributed by atoms with Crippen LogP contribution >= 0.6 is 11.3 Å². The maximum absolute atomic E-state index is 11.2. The SMILES string of the molecule is CNC(=O)Cc1nc(CN(CCO)C2CC2)cs1. The summed E-state index contributed by atoms with van der Waals surface area (Å²) in [5, 5.41) is 14.5. The van der Waals surface area contributed by atoms with Crippen LogP contribution in [0.4, 0.5) is 0 Å². The molecular weight excluding hydrogens is 250 g/mol. The van der Waals surface area contributed by atoms with Crippen LogP contribution in [0.15, 0.2) is 5.38 Å². The van der Waals surface area contributed by atoms with Crippen LogP contribution in [0.25, 0.3) is 0 Å². The van der Waals surface area contributed by atoms with E-state index in [1.807, 2.05) is 5.38 Å². The summed E-state index contributed by atoms with van der Waals surface area (Å²) in [5.41, 5.74) is 0.999. The highest BCUT2D eigenvalue weighted by atomic mass is 32.1. The van der Waals surface area contributed by atoms with Gasteiger partial charge in [0.05, 0.1) is 18.7 Å². The van der Waals surface area contributed by atoms with Gasteiger partial charge in [-0.15, -0.1) is 11.3 Å². The van der Waals surface area contributed by atoms with Crippen LogP contribution in [0, 0.1) is 0 Å². The number of carbonyl (C=O) groups is 1. The number of nitrogens with one attached hydrogen (secondary N) is 1. The van der Waals surface area contributed by atoms with E-state index in [0.29, 0.717) is 19.0 Å². The number of aliphatic hydroxyl groups excluding tert-OH is 1. The lowest BCUT2D eigenvalue weighted by molar-refractivity contribution is -0.119. The monoisotopic (exact) mass is 269 g/mol. The van der Waals surface area contributed by atoms with Crippen molar-refractivity contribution in [1.82, 2.24) is 15.2 Å². The number of thiazole rings is 1. The molecule has 1 aromatic rings. The summed E-state index contributed by atoms with van der Waals surface area (Å²) in [5.74, 6) is -0.00897. The van der Waals surface area contributed by atoms with Gasteiger partial charge in [0.1, 0.15) is 5.01 Å². The predicted molar refractivity (Wildman–Crippen MR) is 70.4 cm³/mol. The van der Waals surface area contributed by atoms with Crippen molar-refractivity contribution >= 4 is 17.2 Å². The molecule has 1 saturated carbocycles. The zero-order valence-corrected chi connectivity index (χ0v) is 11.4. The largest absolute Gasteiger partial charge is 0.395 e. The lowest BCUT2D eigenvalue weighted by Crippen LogP contribution is -2.28. The summed E-state index contributed by atoms with van der Waals surface area (Å²) < 4.78 is 0. The summed E-state index contributed by atoms with van der Waals surface area (Å²) in [7, 11) is 1.63. The van der Waals surface area contributed by atoms with E-state index >= 15 is 0 Å². The average Bonchev–Trinajstić information content (AvgIpc) is 3.12. The summed E-state index contributed by atoms with van der Waals surface area (Å²) in [6, 6.07) is 0.612. The highest BCUT2D eigenvalue weighted by Gasteiger charge is 2.28. The molecule has 100 valence electrons. The minimum Gasteiger partial charge on any atom is -0.395 e. The molecule has 18 heavy (non-hydrogen) atoms. The number of aliphatic hydroxyl groups is 1. The van der Waals surface area contributed by atoms with Crippen molar-refractivity contribution in [2.45, 2.75) is 31.8 Å². The molecule has 1 aliphatic rings. The summed E-state index contributed by atoms with van der Waals surface area (Å²) in [6.45, 7) is 1.66. The molecule has 1 heterocycles. The minimum absolute atomic E-state index is 0.00897. The lowest BCUT2D eigenvalue weighted by atomic mass is 10.3. The normalized spacial score (nSPS) is 15.1. The van der Waals surface area contributed by atoms with Crippen LogP contribution in [0.1, 0.15) is 23.5 Å². The van der Waals surface area contributed by atoms with Gasteiger partial charge in [-0.25, -0.2) is 4.98 Å². The van der Waals surface area contributed by atoms with Crippen molar-refractivity contribution in [3.8, 4) is 0 Å². The summed E-state index contributed by atoms with van der Waals surface area (Å²) in [4.78, 5) is 18.0. The molecule has 1 fully saturated rings. The second-order valence-corrected chi connectivity index (χ2v) is 5.45. The van der Waals surface area contributed by atoms with Gasteiger partial charge < -0.3 is 10.4 Å². The number of hydrogen-bond donors (Lipinski definition) is 2. The highest BCUT2D eigenvalue weighted by molar-refractivity contribution is 7.09. The Hall–Kier alpha value is -0.980. The van der Waals surface area contributed by atoms with Gasteiger partial charge in [-0.1, -0.05) is 0 Å². The molecule has 0 unspecified atom stereocenters. The van der Waals surface area contributed by atoms with E-state index in [2.05, 4.69) is 15.2 Å². The van der Waals surface area contributed by atoms with Gasteiger partial charge in [-0.3, -0.25) is 9.69 Å². The molecule has 2 N–H and O–H groups in total. The van der Waals surface area contributed by atoms with Crippen molar-refractivity contribution in [2.75, 3.05) is 20.2 Å². The molecule has 1 amide bonds. The van der Waals surface area contributed by atoms with Crippen LogP contribution in [-0.4, -0.2) is 47.1 Å². The molecule has 0 atom stereocenters. The Morgan fingerprint density at radius 2 is 2.44 bits per heavy atom. The molecule has 0 spiro atoms. The first kappa shape index (κ1) is 13.5. The number of hydrogen-bond acceptors (Lipinski definition) is 5. The number of amides is 1. The van der Waals surface area contributed by atoms with Crippen molar-refractivity contribution in [3.63, 3.8) is 0 Å². The first-order chi connectivity index (χ1) is 8.72. The van der Waals surface area contributed by atoms with Crippen LogP contribution in [0.2, 0.25) is 0 Å². The van der Waals surface area contributed by atoms with Gasteiger partial charge in [0.15, 0.2) is 0 Å². The van der Waals surface area contributed by atoms with Crippen LogP contribution in [0.5, 0.6) is 0 Å². The van der Waals surface area contributed by atoms with E-state index in [-0.39, 0.29) is 12.5 Å². The fraction of sp³-hybridized carbons (Fsp3) is 0.667. The Morgan fingerprint density at radius 3 is 3.06 bits per heavy atom. The molecule has 2 rings (SSSR count). The zero-order valence-electron chi connectivity index (χ0n) is 10.6. The first-order valence-electron chi connectivity index (χ1n) is 6.21. The van der Waals surface area contributed by atoms with Gasteiger partial charge >= 0.3 is 0 Å². The van der Waals surface area contributed by atoms with E-state index in [1.165, 1.54) is 24.2 Å². The van der Waals surface area contributed by atoms with E-state index in [4.69, 9.17) is 5.11 Å². The van der Waals surface area contributed by atoms with E-state index in [9.17, 15) is 4.79 Å². The standard InChI is InChI=1S/C12H19N3O2S/c1-13-11(17)6-12-14-9(8-18-12)7-15(4-5-16)10-2-3-10/h8,10,16H,2-7H2,1H3,(H,13,17). The fourth-order valence-corrected chi connectivity index (χ4v) is 2.68. The third-order valence-electron chi connectivity index (χ3n) is 3.01. The van der Waals surface area contributed by atoms with Gasteiger partial charge in [0, 0.05) is 31.6 Å². The third-order valence-corrected chi connectivity index (χ3v) is 3.90. The quantitative estimate of drug-likeness (QED) is 0.751. The molecule has 6 heteroatoms. The molecule has 0 saturated heterocycles. The highest BCUT2D eigenvalue weighted by Crippen LogP contribution is 2.28. The zero-order chi connectivity index (χ0) is 13.0. The Bertz CT molecular complexity index is 404. The maximum atomic E-state index is 11.2. The fourth-order valence-electron chi connectivity index (χ4n) is 1.90. The summed E-state index contributed by atoms with van der Waals surface area (Å²) >= 11 is 1.52. The lowest BCUT2D eigenvalue weighted by Gasteiger charge is -2.19. The van der Waals surface area contributed by atoms with E-state index in [1.54, 1.807) is 7.05 Å². The summed E-state index contributed by atoms with van der Waals surface area (Å²) in [6.07, 6.45) is 2.79. The van der Waals surface area contributed by atoms with Crippen molar-refractivity contribution in [3.05, 3.63) is 16.1 Å². The number of rotatable bonds is 7. The molecule has 0 radical (unpaired) electrons. The molecular formula is C12H19N3O2S. The van der Waals surface area contributed by atoms with Crippen LogP contribution < -0.4 is 5.32 Å². The average molecular weight is 269 g/mol. The van der Waals surface area contributed by atoms with Gasteiger partial charge in [-0.2, -0.15) is 0 Å². The topological polar surface area (TPSA) is 65.5 Å². The Kier molecular flexibility index (Phi) is 4.68. The second kappa shape index (κ2) is 6.26.